The predicted octanol–water partition coefficient (Wildman–Crippen LogP) is 5.67. The van der Waals surface area contributed by atoms with E-state index in [-0.39, 0.29) is 24.8 Å². The molecule has 2 aromatic carbocycles. The minimum Gasteiger partial charge on any atom is -0.492 e. The van der Waals surface area contributed by atoms with Crippen LogP contribution in [0.1, 0.15) is 17.7 Å². The Morgan fingerprint density at radius 1 is 1.03 bits per heavy atom. The number of pyridine rings is 1. The number of para-hydroxylation sites is 1. The Balaban J connectivity index is 1.41. The Morgan fingerprint density at radius 2 is 1.76 bits per heavy atom. The second-order valence-corrected chi connectivity index (χ2v) is 7.49. The third-order valence-electron chi connectivity index (χ3n) is 4.95. The van der Waals surface area contributed by atoms with E-state index in [2.05, 4.69) is 15.4 Å². The Labute approximate surface area is 194 Å². The second-order valence-electron chi connectivity index (χ2n) is 7.49. The van der Waals surface area contributed by atoms with Crippen LogP contribution in [0.2, 0.25) is 0 Å². The quantitative estimate of drug-likeness (QED) is 0.381. The molecule has 0 unspecified atom stereocenters. The van der Waals surface area contributed by atoms with E-state index >= 15 is 0 Å². The maximum Gasteiger partial charge on any atom is 0.417 e. The van der Waals surface area contributed by atoms with Crippen molar-refractivity contribution in [1.82, 2.24) is 14.8 Å². The molecule has 4 aromatic rings. The number of carbonyl (C=O) groups excluding carboxylic acids is 1. The van der Waals surface area contributed by atoms with Gasteiger partial charge in [-0.25, -0.2) is 4.98 Å². The lowest BCUT2D eigenvalue weighted by molar-refractivity contribution is -0.137. The molecule has 0 spiro atoms. The first-order valence-corrected chi connectivity index (χ1v) is 10.5. The van der Waals surface area contributed by atoms with Crippen molar-refractivity contribution in [2.75, 3.05) is 11.9 Å². The van der Waals surface area contributed by atoms with E-state index in [9.17, 15) is 18.0 Å². The summed E-state index contributed by atoms with van der Waals surface area (Å²) < 4.78 is 45.6. The van der Waals surface area contributed by atoms with Crippen LogP contribution in [0.4, 0.5) is 19.0 Å². The number of rotatable bonds is 7. The average molecular weight is 466 g/mol. The third-order valence-corrected chi connectivity index (χ3v) is 4.95. The van der Waals surface area contributed by atoms with Gasteiger partial charge < -0.3 is 10.1 Å². The number of hydrogen-bond acceptors (Lipinski definition) is 4. The van der Waals surface area contributed by atoms with Gasteiger partial charge in [0.15, 0.2) is 5.82 Å². The fourth-order valence-corrected chi connectivity index (χ4v) is 3.35. The molecule has 0 saturated heterocycles. The van der Waals surface area contributed by atoms with Crippen molar-refractivity contribution in [2.24, 2.45) is 0 Å². The van der Waals surface area contributed by atoms with Crippen molar-refractivity contribution < 1.29 is 22.7 Å². The van der Waals surface area contributed by atoms with Gasteiger partial charge >= 0.3 is 6.18 Å². The van der Waals surface area contributed by atoms with Crippen LogP contribution < -0.4 is 10.1 Å². The number of aromatic nitrogens is 3. The molecule has 0 saturated carbocycles. The molecule has 2 heterocycles. The van der Waals surface area contributed by atoms with Crippen molar-refractivity contribution in [2.45, 2.75) is 19.5 Å². The Bertz CT molecular complexity index is 1270. The molecule has 0 aliphatic heterocycles. The Hall–Kier alpha value is -4.14. The summed E-state index contributed by atoms with van der Waals surface area (Å²) in [5.41, 5.74) is 1.64. The molecule has 1 amide bonds. The van der Waals surface area contributed by atoms with Crippen LogP contribution >= 0.6 is 0 Å². The summed E-state index contributed by atoms with van der Waals surface area (Å²) in [7, 11) is 0. The third kappa shape index (κ3) is 5.43. The van der Waals surface area contributed by atoms with Gasteiger partial charge in [0.2, 0.25) is 5.91 Å². The molecular weight excluding hydrogens is 445 g/mol. The normalized spacial score (nSPS) is 11.3. The van der Waals surface area contributed by atoms with Crippen LogP contribution in [0.25, 0.3) is 16.9 Å². The molecule has 0 atom stereocenters. The lowest BCUT2D eigenvalue weighted by Crippen LogP contribution is -2.18. The van der Waals surface area contributed by atoms with Gasteiger partial charge in [0.1, 0.15) is 11.6 Å². The van der Waals surface area contributed by atoms with Gasteiger partial charge in [0.25, 0.3) is 0 Å². The number of alkyl halides is 3. The summed E-state index contributed by atoms with van der Waals surface area (Å²) in [4.78, 5) is 16.4. The van der Waals surface area contributed by atoms with Crippen molar-refractivity contribution in [3.8, 4) is 22.7 Å². The number of benzene rings is 2. The molecule has 0 aliphatic rings. The molecule has 174 valence electrons. The summed E-state index contributed by atoms with van der Waals surface area (Å²) in [5, 5.41) is 6.95. The van der Waals surface area contributed by atoms with Gasteiger partial charge in [-0.05, 0) is 30.7 Å². The van der Waals surface area contributed by atoms with E-state index < -0.39 is 11.7 Å². The Kier molecular flexibility index (Phi) is 6.62. The highest BCUT2D eigenvalue weighted by Gasteiger charge is 2.30. The van der Waals surface area contributed by atoms with E-state index in [1.165, 1.54) is 10.7 Å². The molecule has 0 fully saturated rings. The maximum absolute atomic E-state index is 12.8. The molecule has 0 bridgehead atoms. The zero-order chi connectivity index (χ0) is 24.1. The molecule has 6 nitrogen and oxygen atoms in total. The van der Waals surface area contributed by atoms with E-state index in [4.69, 9.17) is 4.74 Å². The van der Waals surface area contributed by atoms with E-state index in [0.717, 1.165) is 23.4 Å². The lowest BCUT2D eigenvalue weighted by atomic mass is 10.1. The van der Waals surface area contributed by atoms with Crippen LogP contribution in [0, 0.1) is 6.92 Å². The molecule has 0 radical (unpaired) electrons. The highest BCUT2D eigenvalue weighted by atomic mass is 19.4. The first kappa shape index (κ1) is 23.0. The van der Waals surface area contributed by atoms with Crippen LogP contribution in [0.3, 0.4) is 0 Å². The minimum absolute atomic E-state index is 0.0633. The van der Waals surface area contributed by atoms with Gasteiger partial charge in [-0.1, -0.05) is 48.5 Å². The zero-order valence-corrected chi connectivity index (χ0v) is 18.2. The van der Waals surface area contributed by atoms with Crippen LogP contribution in [-0.2, 0) is 11.0 Å². The number of aryl methyl sites for hydroxylation is 1. The molecule has 2 aromatic heterocycles. The van der Waals surface area contributed by atoms with Crippen molar-refractivity contribution >= 4 is 11.7 Å². The number of ether oxygens (including phenoxy) is 1. The second kappa shape index (κ2) is 9.78. The highest BCUT2D eigenvalue weighted by molar-refractivity contribution is 5.90. The monoisotopic (exact) mass is 466 g/mol. The van der Waals surface area contributed by atoms with Gasteiger partial charge in [0, 0.05) is 17.8 Å². The first-order chi connectivity index (χ1) is 16.3. The summed E-state index contributed by atoms with van der Waals surface area (Å²) >= 11 is 0. The number of carbonyl (C=O) groups is 1. The molecule has 34 heavy (non-hydrogen) atoms. The van der Waals surface area contributed by atoms with Crippen molar-refractivity contribution in [1.29, 1.82) is 0 Å². The van der Waals surface area contributed by atoms with Gasteiger partial charge in [-0.2, -0.15) is 23.0 Å². The lowest BCUT2D eigenvalue weighted by Gasteiger charge is -2.12. The van der Waals surface area contributed by atoms with Crippen molar-refractivity contribution in [3.05, 3.63) is 90.3 Å². The standard InChI is InChI=1S/C25H21F3N4O2/c1-17-15-23(32(31-17)22-12-11-19(16-29-22)25(26,27)28)30-24(33)13-14-34-21-10-6-5-9-20(21)18-7-3-2-4-8-18/h2-12,15-16H,13-14H2,1H3,(H,30,33). The number of halogens is 3. The molecule has 0 aliphatic carbocycles. The minimum atomic E-state index is -4.48. The van der Waals surface area contributed by atoms with E-state index in [0.29, 0.717) is 17.3 Å². The number of anilines is 1. The van der Waals surface area contributed by atoms with Gasteiger partial charge in [0.05, 0.1) is 24.3 Å². The summed E-state index contributed by atoms with van der Waals surface area (Å²) in [6.07, 6.45) is -3.69. The largest absolute Gasteiger partial charge is 0.492 e. The SMILES string of the molecule is Cc1cc(NC(=O)CCOc2ccccc2-c2ccccc2)n(-c2ccc(C(F)(F)F)cn2)n1. The Morgan fingerprint density at radius 3 is 2.47 bits per heavy atom. The first-order valence-electron chi connectivity index (χ1n) is 10.5. The average Bonchev–Trinajstić information content (AvgIpc) is 3.19. The fourth-order valence-electron chi connectivity index (χ4n) is 3.35. The number of nitrogens with zero attached hydrogens (tertiary/aromatic N) is 3. The number of hydrogen-bond donors (Lipinski definition) is 1. The highest BCUT2D eigenvalue weighted by Crippen LogP contribution is 2.30. The summed E-state index contributed by atoms with van der Waals surface area (Å²) in [6, 6.07) is 21.1. The molecule has 9 heteroatoms. The van der Waals surface area contributed by atoms with Gasteiger partial charge in [-0.3, -0.25) is 4.79 Å². The molecule has 4 rings (SSSR count). The van der Waals surface area contributed by atoms with Gasteiger partial charge in [-0.15, -0.1) is 0 Å². The predicted molar refractivity (Wildman–Crippen MR) is 122 cm³/mol. The number of nitrogens with one attached hydrogen (secondary N) is 1. The summed E-state index contributed by atoms with van der Waals surface area (Å²) in [5.74, 6) is 0.797. The van der Waals surface area contributed by atoms with Crippen molar-refractivity contribution in [3.63, 3.8) is 0 Å². The van der Waals surface area contributed by atoms with Crippen LogP contribution in [0.15, 0.2) is 79.0 Å². The fraction of sp³-hybridized carbons (Fsp3) is 0.160. The van der Waals surface area contributed by atoms with Crippen LogP contribution in [-0.4, -0.2) is 27.3 Å². The van der Waals surface area contributed by atoms with E-state index in [1.807, 2.05) is 54.6 Å². The molecule has 1 N–H and O–H groups in total. The maximum atomic E-state index is 12.8. The van der Waals surface area contributed by atoms with Crippen LogP contribution in [0.5, 0.6) is 5.75 Å². The number of amides is 1. The molecular formula is C25H21F3N4O2. The summed E-state index contributed by atoms with van der Waals surface area (Å²) in [6.45, 7) is 1.85. The van der Waals surface area contributed by atoms with E-state index in [1.54, 1.807) is 13.0 Å². The topological polar surface area (TPSA) is 69.0 Å². The zero-order valence-electron chi connectivity index (χ0n) is 18.2. The smallest absolute Gasteiger partial charge is 0.417 e.